The molecular formula is C20H24N2O4S. The number of sulfonamides is 1. The van der Waals surface area contributed by atoms with Crippen LogP contribution in [0.5, 0.6) is 5.75 Å². The highest BCUT2D eigenvalue weighted by atomic mass is 32.2. The van der Waals surface area contributed by atoms with Crippen LogP contribution in [0.25, 0.3) is 0 Å². The maximum atomic E-state index is 12.8. The molecule has 1 aliphatic heterocycles. The molecular weight excluding hydrogens is 364 g/mol. The van der Waals surface area contributed by atoms with Crippen LogP contribution < -0.4 is 10.1 Å². The van der Waals surface area contributed by atoms with Gasteiger partial charge in [-0.2, -0.15) is 4.31 Å². The number of methoxy groups -OCH3 is 1. The summed E-state index contributed by atoms with van der Waals surface area (Å²) in [5.41, 5.74) is 1.85. The number of piperidine rings is 1. The van der Waals surface area contributed by atoms with Gasteiger partial charge in [-0.3, -0.25) is 4.79 Å². The molecule has 1 N–H and O–H groups in total. The largest absolute Gasteiger partial charge is 0.497 e. The first-order valence-electron chi connectivity index (χ1n) is 8.92. The van der Waals surface area contributed by atoms with Gasteiger partial charge >= 0.3 is 0 Å². The van der Waals surface area contributed by atoms with E-state index in [0.29, 0.717) is 31.7 Å². The van der Waals surface area contributed by atoms with Gasteiger partial charge in [-0.05, 0) is 61.7 Å². The topological polar surface area (TPSA) is 75.7 Å². The van der Waals surface area contributed by atoms with Gasteiger partial charge in [0.1, 0.15) is 5.75 Å². The predicted molar refractivity (Wildman–Crippen MR) is 104 cm³/mol. The molecule has 1 saturated heterocycles. The van der Waals surface area contributed by atoms with Crippen LogP contribution in [0.1, 0.15) is 18.4 Å². The molecule has 1 aliphatic rings. The number of carbonyl (C=O) groups is 1. The van der Waals surface area contributed by atoms with E-state index in [-0.39, 0.29) is 16.7 Å². The second-order valence-electron chi connectivity index (χ2n) is 6.71. The molecule has 0 aromatic heterocycles. The van der Waals surface area contributed by atoms with Gasteiger partial charge in [-0.15, -0.1) is 0 Å². The summed E-state index contributed by atoms with van der Waals surface area (Å²) in [6.07, 6.45) is 1.01. The molecule has 144 valence electrons. The van der Waals surface area contributed by atoms with Gasteiger partial charge in [0.15, 0.2) is 0 Å². The van der Waals surface area contributed by atoms with Crippen LogP contribution in [0.2, 0.25) is 0 Å². The molecule has 2 aromatic rings. The lowest BCUT2D eigenvalue weighted by atomic mass is 9.97. The van der Waals surface area contributed by atoms with Crippen LogP contribution in [0.15, 0.2) is 53.4 Å². The molecule has 0 spiro atoms. The van der Waals surface area contributed by atoms with E-state index < -0.39 is 10.0 Å². The molecule has 1 heterocycles. The quantitative estimate of drug-likeness (QED) is 0.854. The third-order valence-electron chi connectivity index (χ3n) is 4.81. The first-order chi connectivity index (χ1) is 12.9. The Hall–Kier alpha value is -2.38. The highest BCUT2D eigenvalue weighted by molar-refractivity contribution is 7.89. The lowest BCUT2D eigenvalue weighted by Crippen LogP contribution is -2.41. The van der Waals surface area contributed by atoms with Gasteiger partial charge in [-0.25, -0.2) is 8.42 Å². The van der Waals surface area contributed by atoms with Crippen molar-refractivity contribution < 1.29 is 17.9 Å². The van der Waals surface area contributed by atoms with E-state index in [4.69, 9.17) is 4.74 Å². The minimum absolute atomic E-state index is 0.0536. The van der Waals surface area contributed by atoms with Gasteiger partial charge in [0.05, 0.1) is 12.0 Å². The second-order valence-corrected chi connectivity index (χ2v) is 8.65. The SMILES string of the molecule is COc1ccc(S(=O)(=O)N2CCC(C(=O)Nc3cccc(C)c3)CC2)cc1. The monoisotopic (exact) mass is 388 g/mol. The van der Waals surface area contributed by atoms with E-state index in [9.17, 15) is 13.2 Å². The van der Waals surface area contributed by atoms with E-state index in [1.807, 2.05) is 31.2 Å². The lowest BCUT2D eigenvalue weighted by Gasteiger charge is -2.30. The van der Waals surface area contributed by atoms with Crippen LogP contribution in [0.4, 0.5) is 5.69 Å². The van der Waals surface area contributed by atoms with Gasteiger partial charge in [0.2, 0.25) is 15.9 Å². The number of hydrogen-bond donors (Lipinski definition) is 1. The van der Waals surface area contributed by atoms with Crippen LogP contribution in [-0.2, 0) is 14.8 Å². The predicted octanol–water partition coefficient (Wildman–Crippen LogP) is 3.04. The van der Waals surface area contributed by atoms with Gasteiger partial charge in [-0.1, -0.05) is 12.1 Å². The summed E-state index contributed by atoms with van der Waals surface area (Å²) < 4.78 is 32.1. The lowest BCUT2D eigenvalue weighted by molar-refractivity contribution is -0.120. The third-order valence-corrected chi connectivity index (χ3v) is 6.72. The highest BCUT2D eigenvalue weighted by Gasteiger charge is 2.32. The fourth-order valence-corrected chi connectivity index (χ4v) is 4.69. The molecule has 0 unspecified atom stereocenters. The zero-order valence-electron chi connectivity index (χ0n) is 15.5. The summed E-state index contributed by atoms with van der Waals surface area (Å²) in [6.45, 7) is 2.64. The van der Waals surface area contributed by atoms with Gasteiger partial charge in [0.25, 0.3) is 0 Å². The molecule has 0 bridgehead atoms. The smallest absolute Gasteiger partial charge is 0.243 e. The normalized spacial score (nSPS) is 16.1. The average molecular weight is 388 g/mol. The maximum absolute atomic E-state index is 12.8. The Morgan fingerprint density at radius 3 is 2.37 bits per heavy atom. The molecule has 0 radical (unpaired) electrons. The molecule has 0 saturated carbocycles. The number of ether oxygens (including phenoxy) is 1. The van der Waals surface area contributed by atoms with Crippen molar-refractivity contribution in [3.8, 4) is 5.75 Å². The van der Waals surface area contributed by atoms with Crippen LogP contribution in [0.3, 0.4) is 0 Å². The summed E-state index contributed by atoms with van der Waals surface area (Å²) in [4.78, 5) is 12.7. The zero-order chi connectivity index (χ0) is 19.4. The Balaban J connectivity index is 1.61. The van der Waals surface area contributed by atoms with Crippen LogP contribution >= 0.6 is 0 Å². The van der Waals surface area contributed by atoms with E-state index in [1.54, 1.807) is 24.3 Å². The van der Waals surface area contributed by atoms with Crippen molar-refractivity contribution >= 4 is 21.6 Å². The molecule has 2 aromatic carbocycles. The average Bonchev–Trinajstić information content (AvgIpc) is 2.68. The Kier molecular flexibility index (Phi) is 5.82. The van der Waals surface area contributed by atoms with Gasteiger partial charge < -0.3 is 10.1 Å². The third kappa shape index (κ3) is 4.48. The fourth-order valence-electron chi connectivity index (χ4n) is 3.22. The summed E-state index contributed by atoms with van der Waals surface area (Å²) in [7, 11) is -2.02. The highest BCUT2D eigenvalue weighted by Crippen LogP contribution is 2.26. The molecule has 27 heavy (non-hydrogen) atoms. The van der Waals surface area contributed by atoms with Crippen molar-refractivity contribution in [3.63, 3.8) is 0 Å². The van der Waals surface area contributed by atoms with Crippen molar-refractivity contribution in [3.05, 3.63) is 54.1 Å². The van der Waals surface area contributed by atoms with E-state index in [2.05, 4.69) is 5.32 Å². The molecule has 1 fully saturated rings. The van der Waals surface area contributed by atoms with Crippen molar-refractivity contribution in [2.45, 2.75) is 24.7 Å². The summed E-state index contributed by atoms with van der Waals surface area (Å²) in [5.74, 6) is 0.371. The number of rotatable bonds is 5. The molecule has 0 aliphatic carbocycles. The molecule has 3 rings (SSSR count). The zero-order valence-corrected chi connectivity index (χ0v) is 16.3. The fraction of sp³-hybridized carbons (Fsp3) is 0.350. The van der Waals surface area contributed by atoms with Crippen LogP contribution in [-0.4, -0.2) is 38.8 Å². The van der Waals surface area contributed by atoms with E-state index >= 15 is 0 Å². The Morgan fingerprint density at radius 1 is 1.11 bits per heavy atom. The standard InChI is InChI=1S/C20H24N2O4S/c1-15-4-3-5-17(14-15)21-20(23)16-10-12-22(13-11-16)27(24,25)19-8-6-18(26-2)7-9-19/h3-9,14,16H,10-13H2,1-2H3,(H,21,23). The number of anilines is 1. The second kappa shape index (κ2) is 8.10. The first-order valence-corrected chi connectivity index (χ1v) is 10.4. The Bertz CT molecular complexity index is 902. The molecule has 0 atom stereocenters. The Morgan fingerprint density at radius 2 is 1.78 bits per heavy atom. The number of carbonyl (C=O) groups excluding carboxylic acids is 1. The van der Waals surface area contributed by atoms with Crippen molar-refractivity contribution in [2.24, 2.45) is 5.92 Å². The van der Waals surface area contributed by atoms with Crippen LogP contribution in [0, 0.1) is 12.8 Å². The van der Waals surface area contributed by atoms with E-state index in [0.717, 1.165) is 11.3 Å². The Labute approximate surface area is 160 Å². The van der Waals surface area contributed by atoms with Crippen molar-refractivity contribution in [1.29, 1.82) is 0 Å². The number of benzene rings is 2. The number of hydrogen-bond acceptors (Lipinski definition) is 4. The molecule has 6 nitrogen and oxygen atoms in total. The van der Waals surface area contributed by atoms with E-state index in [1.165, 1.54) is 11.4 Å². The minimum atomic E-state index is -3.55. The summed E-state index contributed by atoms with van der Waals surface area (Å²) >= 11 is 0. The minimum Gasteiger partial charge on any atom is -0.497 e. The maximum Gasteiger partial charge on any atom is 0.243 e. The molecule has 1 amide bonds. The number of nitrogens with one attached hydrogen (secondary N) is 1. The summed E-state index contributed by atoms with van der Waals surface area (Å²) in [6, 6.07) is 14.0. The number of aryl methyl sites for hydroxylation is 1. The first kappa shape index (κ1) is 19.4. The number of amides is 1. The molecule has 7 heteroatoms. The summed E-state index contributed by atoms with van der Waals surface area (Å²) in [5, 5.41) is 2.93. The van der Waals surface area contributed by atoms with Crippen molar-refractivity contribution in [1.82, 2.24) is 4.31 Å². The van der Waals surface area contributed by atoms with Crippen molar-refractivity contribution in [2.75, 3.05) is 25.5 Å². The van der Waals surface area contributed by atoms with Gasteiger partial charge in [0, 0.05) is 24.7 Å². The number of nitrogens with zero attached hydrogens (tertiary/aromatic N) is 1.